The van der Waals surface area contributed by atoms with Crippen LogP contribution in [0.25, 0.3) is 0 Å². The number of hydrogen-bond donors (Lipinski definition) is 2. The number of halogens is 2. The van der Waals surface area contributed by atoms with E-state index in [4.69, 9.17) is 26.2 Å². The van der Waals surface area contributed by atoms with Crippen molar-refractivity contribution in [2.24, 2.45) is 0 Å². The van der Waals surface area contributed by atoms with Crippen molar-refractivity contribution in [1.82, 2.24) is 5.32 Å². The Labute approximate surface area is 137 Å². The number of amides is 1. The third-order valence-electron chi connectivity index (χ3n) is 2.76. The number of methoxy groups -OCH3 is 1. The van der Waals surface area contributed by atoms with Gasteiger partial charge in [-0.15, -0.1) is 0 Å². The molecule has 0 bridgehead atoms. The Hall–Kier alpha value is -0.820. The predicted molar refractivity (Wildman–Crippen MR) is 84.8 cm³/mol. The average Bonchev–Trinajstić information content (AvgIpc) is 2.42. The lowest BCUT2D eigenvalue weighted by Crippen LogP contribution is -2.44. The molecule has 5 nitrogen and oxygen atoms in total. The van der Waals surface area contributed by atoms with Crippen molar-refractivity contribution in [2.75, 3.05) is 20.3 Å². The van der Waals surface area contributed by atoms with E-state index in [1.54, 1.807) is 32.2 Å². The molecule has 0 fully saturated rings. The molecule has 0 saturated carbocycles. The fraction of sp³-hybridized carbons (Fsp3) is 0.500. The third-order valence-corrected chi connectivity index (χ3v) is 3.61. The maximum absolute atomic E-state index is 12.1. The summed E-state index contributed by atoms with van der Waals surface area (Å²) >= 11 is 9.18. The first kappa shape index (κ1) is 18.2. The highest BCUT2D eigenvalue weighted by Gasteiger charge is 2.19. The normalized spacial score (nSPS) is 13.6. The standard InChI is InChI=1S/C14H19BrClNO4/c1-9(14(19)17-11(5-6-18)8-20-2)21-13-4-3-10(16)7-12(13)15/h3-4,7,9,11,18H,5-6,8H2,1-2H3,(H,17,19). The highest BCUT2D eigenvalue weighted by atomic mass is 79.9. The minimum Gasteiger partial charge on any atom is -0.480 e. The average molecular weight is 381 g/mol. The lowest BCUT2D eigenvalue weighted by molar-refractivity contribution is -0.128. The number of aliphatic hydroxyl groups is 1. The van der Waals surface area contributed by atoms with Crippen molar-refractivity contribution in [1.29, 1.82) is 0 Å². The Balaban J connectivity index is 2.61. The van der Waals surface area contributed by atoms with E-state index >= 15 is 0 Å². The Bertz CT molecular complexity index is 466. The van der Waals surface area contributed by atoms with Gasteiger partial charge in [0.2, 0.25) is 0 Å². The van der Waals surface area contributed by atoms with Crippen LogP contribution in [0.15, 0.2) is 22.7 Å². The first-order valence-electron chi connectivity index (χ1n) is 6.49. The van der Waals surface area contributed by atoms with Gasteiger partial charge < -0.3 is 19.9 Å². The van der Waals surface area contributed by atoms with Crippen molar-refractivity contribution in [2.45, 2.75) is 25.5 Å². The molecule has 1 aromatic carbocycles. The summed E-state index contributed by atoms with van der Waals surface area (Å²) in [7, 11) is 1.54. The molecule has 0 aliphatic heterocycles. The first-order chi connectivity index (χ1) is 9.97. The Morgan fingerprint density at radius 3 is 2.81 bits per heavy atom. The van der Waals surface area contributed by atoms with Gasteiger partial charge in [0.05, 0.1) is 17.1 Å². The molecule has 0 heterocycles. The van der Waals surface area contributed by atoms with E-state index < -0.39 is 6.10 Å². The topological polar surface area (TPSA) is 67.8 Å². The minimum atomic E-state index is -0.680. The summed E-state index contributed by atoms with van der Waals surface area (Å²) in [5.74, 6) is 0.264. The van der Waals surface area contributed by atoms with Crippen molar-refractivity contribution >= 4 is 33.4 Å². The molecule has 2 unspecified atom stereocenters. The molecule has 1 amide bonds. The van der Waals surface area contributed by atoms with Gasteiger partial charge in [0.1, 0.15) is 5.75 Å². The molecule has 0 aliphatic carbocycles. The largest absolute Gasteiger partial charge is 0.480 e. The van der Waals surface area contributed by atoms with Crippen molar-refractivity contribution in [3.8, 4) is 5.75 Å². The molecule has 0 aliphatic rings. The minimum absolute atomic E-state index is 0.0216. The predicted octanol–water partition coefficient (Wildman–Crippen LogP) is 2.38. The van der Waals surface area contributed by atoms with E-state index in [2.05, 4.69) is 21.2 Å². The number of nitrogens with one attached hydrogen (secondary N) is 1. The van der Waals surface area contributed by atoms with E-state index in [1.165, 1.54) is 0 Å². The van der Waals surface area contributed by atoms with Crippen LogP contribution in [0.1, 0.15) is 13.3 Å². The van der Waals surface area contributed by atoms with Crippen LogP contribution in [0.2, 0.25) is 5.02 Å². The lowest BCUT2D eigenvalue weighted by atomic mass is 10.2. The smallest absolute Gasteiger partial charge is 0.261 e. The van der Waals surface area contributed by atoms with Crippen LogP contribution in [-0.4, -0.2) is 43.5 Å². The number of carbonyl (C=O) groups is 1. The summed E-state index contributed by atoms with van der Waals surface area (Å²) in [5.41, 5.74) is 0. The molecule has 0 saturated heterocycles. The fourth-order valence-electron chi connectivity index (χ4n) is 1.69. The zero-order valence-corrected chi connectivity index (χ0v) is 14.3. The Kier molecular flexibility index (Phi) is 8.03. The number of carbonyl (C=O) groups excluding carboxylic acids is 1. The van der Waals surface area contributed by atoms with Crippen molar-refractivity contribution in [3.05, 3.63) is 27.7 Å². The molecule has 0 radical (unpaired) electrons. The molecule has 118 valence electrons. The molecular formula is C14H19BrClNO4. The van der Waals surface area contributed by atoms with Crippen LogP contribution in [-0.2, 0) is 9.53 Å². The van der Waals surface area contributed by atoms with Gasteiger partial charge in [0, 0.05) is 18.7 Å². The van der Waals surface area contributed by atoms with E-state index in [-0.39, 0.29) is 18.6 Å². The van der Waals surface area contributed by atoms with Crippen LogP contribution >= 0.6 is 27.5 Å². The van der Waals surface area contributed by atoms with Crippen LogP contribution in [0.4, 0.5) is 0 Å². The van der Waals surface area contributed by atoms with Crippen molar-refractivity contribution < 1.29 is 19.4 Å². The van der Waals surface area contributed by atoms with Crippen LogP contribution in [0, 0.1) is 0 Å². The highest BCUT2D eigenvalue weighted by molar-refractivity contribution is 9.10. The molecule has 2 atom stereocenters. The Morgan fingerprint density at radius 2 is 2.24 bits per heavy atom. The van der Waals surface area contributed by atoms with Gasteiger partial charge in [-0.1, -0.05) is 11.6 Å². The van der Waals surface area contributed by atoms with Crippen LogP contribution in [0.5, 0.6) is 5.75 Å². The summed E-state index contributed by atoms with van der Waals surface area (Å²) in [4.78, 5) is 12.1. The first-order valence-corrected chi connectivity index (χ1v) is 7.67. The van der Waals surface area contributed by atoms with Gasteiger partial charge in [0.25, 0.3) is 5.91 Å². The summed E-state index contributed by atoms with van der Waals surface area (Å²) < 4.78 is 11.3. The second-order valence-corrected chi connectivity index (χ2v) is 5.80. The summed E-state index contributed by atoms with van der Waals surface area (Å²) in [5, 5.41) is 12.3. The highest BCUT2D eigenvalue weighted by Crippen LogP contribution is 2.28. The molecule has 1 rings (SSSR count). The molecule has 1 aromatic rings. The third kappa shape index (κ3) is 6.22. The van der Waals surface area contributed by atoms with Crippen LogP contribution in [0.3, 0.4) is 0 Å². The van der Waals surface area contributed by atoms with E-state index in [9.17, 15) is 4.79 Å². The SMILES string of the molecule is COCC(CCO)NC(=O)C(C)Oc1ccc(Cl)cc1Br. The molecule has 0 spiro atoms. The van der Waals surface area contributed by atoms with E-state index in [0.717, 1.165) is 0 Å². The molecular weight excluding hydrogens is 362 g/mol. The second kappa shape index (κ2) is 9.25. The number of rotatable bonds is 8. The molecule has 21 heavy (non-hydrogen) atoms. The summed E-state index contributed by atoms with van der Waals surface area (Å²) in [6.07, 6.45) is -0.253. The number of ether oxygens (including phenoxy) is 2. The molecule has 2 N–H and O–H groups in total. The van der Waals surface area contributed by atoms with Crippen molar-refractivity contribution in [3.63, 3.8) is 0 Å². The van der Waals surface area contributed by atoms with Gasteiger partial charge in [-0.05, 0) is 47.5 Å². The maximum Gasteiger partial charge on any atom is 0.261 e. The number of aliphatic hydroxyl groups excluding tert-OH is 1. The fourth-order valence-corrected chi connectivity index (χ4v) is 2.46. The van der Waals surface area contributed by atoms with Gasteiger partial charge in [-0.2, -0.15) is 0 Å². The van der Waals surface area contributed by atoms with E-state index in [0.29, 0.717) is 28.3 Å². The van der Waals surface area contributed by atoms with Gasteiger partial charge in [-0.3, -0.25) is 4.79 Å². The second-order valence-electron chi connectivity index (χ2n) is 4.51. The quantitative estimate of drug-likeness (QED) is 0.726. The summed E-state index contributed by atoms with van der Waals surface area (Å²) in [6.45, 7) is 1.97. The molecule has 0 aromatic heterocycles. The number of benzene rings is 1. The Morgan fingerprint density at radius 1 is 1.52 bits per heavy atom. The van der Waals surface area contributed by atoms with Gasteiger partial charge in [-0.25, -0.2) is 0 Å². The number of hydrogen-bond acceptors (Lipinski definition) is 4. The zero-order chi connectivity index (χ0) is 15.8. The zero-order valence-electron chi connectivity index (χ0n) is 11.9. The van der Waals surface area contributed by atoms with Crippen LogP contribution < -0.4 is 10.1 Å². The van der Waals surface area contributed by atoms with Gasteiger partial charge >= 0.3 is 0 Å². The lowest BCUT2D eigenvalue weighted by Gasteiger charge is -2.21. The monoisotopic (exact) mass is 379 g/mol. The molecule has 7 heteroatoms. The summed E-state index contributed by atoms with van der Waals surface area (Å²) in [6, 6.07) is 4.83. The van der Waals surface area contributed by atoms with E-state index in [1.807, 2.05) is 0 Å². The van der Waals surface area contributed by atoms with Gasteiger partial charge in [0.15, 0.2) is 6.10 Å². The maximum atomic E-state index is 12.1.